The van der Waals surface area contributed by atoms with Gasteiger partial charge in [-0.1, -0.05) is 19.1 Å². The van der Waals surface area contributed by atoms with Gasteiger partial charge in [0, 0.05) is 18.5 Å². The third-order valence-corrected chi connectivity index (χ3v) is 6.38. The summed E-state index contributed by atoms with van der Waals surface area (Å²) in [6.45, 7) is 5.84. The number of hydrogen-bond donors (Lipinski definition) is 1. The Morgan fingerprint density at radius 1 is 1.17 bits per heavy atom. The average molecular weight is 479 g/mol. The maximum atomic E-state index is 13.2. The predicted octanol–water partition coefficient (Wildman–Crippen LogP) is 4.17. The van der Waals surface area contributed by atoms with Crippen LogP contribution in [-0.2, 0) is 16.0 Å². The number of amides is 1. The monoisotopic (exact) mass is 478 g/mol. The van der Waals surface area contributed by atoms with Crippen LogP contribution in [0.2, 0.25) is 0 Å². The lowest BCUT2D eigenvalue weighted by molar-refractivity contribution is -0.139. The first kappa shape index (κ1) is 24.8. The van der Waals surface area contributed by atoms with Gasteiger partial charge in [-0.15, -0.1) is 0 Å². The lowest BCUT2D eigenvalue weighted by atomic mass is 9.94. The van der Waals surface area contributed by atoms with Crippen LogP contribution >= 0.6 is 0 Å². The molecule has 1 saturated heterocycles. The minimum Gasteiger partial charge on any atom is -0.507 e. The van der Waals surface area contributed by atoms with Crippen LogP contribution in [0.3, 0.4) is 0 Å². The summed E-state index contributed by atoms with van der Waals surface area (Å²) in [5.74, 6) is 0.121. The van der Waals surface area contributed by atoms with Gasteiger partial charge in [-0.2, -0.15) is 0 Å². The zero-order chi connectivity index (χ0) is 25.1. The zero-order valence-corrected chi connectivity index (χ0v) is 20.9. The van der Waals surface area contributed by atoms with Crippen molar-refractivity contribution in [3.05, 3.63) is 64.7 Å². The molecule has 0 bridgehead atoms. The number of aliphatic hydroxyl groups excluding tert-OH is 1. The second-order valence-corrected chi connectivity index (χ2v) is 9.52. The highest BCUT2D eigenvalue weighted by molar-refractivity contribution is 6.46. The predicted molar refractivity (Wildman–Crippen MR) is 135 cm³/mol. The van der Waals surface area contributed by atoms with E-state index >= 15 is 0 Å². The number of Topliss-reactive ketones (excluding diaryl/α,β-unsaturated/α-hetero) is 1. The van der Waals surface area contributed by atoms with Crippen LogP contribution in [0.25, 0.3) is 5.76 Å². The Morgan fingerprint density at radius 2 is 1.91 bits per heavy atom. The van der Waals surface area contributed by atoms with Gasteiger partial charge in [0.15, 0.2) is 0 Å². The fraction of sp³-hybridized carbons (Fsp3) is 0.429. The van der Waals surface area contributed by atoms with Gasteiger partial charge in [0.05, 0.1) is 18.2 Å². The zero-order valence-electron chi connectivity index (χ0n) is 20.9. The first-order chi connectivity index (χ1) is 16.8. The van der Waals surface area contributed by atoms with Gasteiger partial charge in [0.25, 0.3) is 11.7 Å². The Kier molecular flexibility index (Phi) is 7.45. The summed E-state index contributed by atoms with van der Waals surface area (Å²) in [7, 11) is 3.94. The minimum atomic E-state index is -0.666. The quantitative estimate of drug-likeness (QED) is 0.331. The first-order valence-electron chi connectivity index (χ1n) is 12.3. The molecule has 2 aliphatic heterocycles. The number of nitrogens with zero attached hydrogens (tertiary/aromatic N) is 2. The summed E-state index contributed by atoms with van der Waals surface area (Å²) in [4.78, 5) is 30.0. The number of likely N-dealkylation sites (tertiary alicyclic amines) is 1. The van der Waals surface area contributed by atoms with Gasteiger partial charge in [0.2, 0.25) is 0 Å². The lowest BCUT2D eigenvalue weighted by Crippen LogP contribution is -2.32. The molecule has 2 heterocycles. The number of carbonyl (C=O) groups is 2. The summed E-state index contributed by atoms with van der Waals surface area (Å²) in [5.41, 5.74) is 2.38. The molecule has 2 atom stereocenters. The van der Waals surface area contributed by atoms with Crippen molar-refractivity contribution in [2.45, 2.75) is 45.3 Å². The standard InChI is InChI=1S/C28H34N2O5/c1-5-15-34-22-10-7-19(8-11-22)25-24(27(32)28(33)30(25)14-6-13-29(3)4)26(31)20-9-12-23-21(17-20)16-18(2)35-23/h7-12,17-18,25,31H,5-6,13-16H2,1-4H3/b26-24+. The third kappa shape index (κ3) is 5.20. The molecule has 2 aromatic rings. The van der Waals surface area contributed by atoms with E-state index in [0.29, 0.717) is 25.1 Å². The average Bonchev–Trinajstić information content (AvgIpc) is 3.33. The molecule has 2 aliphatic rings. The SMILES string of the molecule is CCCOc1ccc(C2/C(=C(\O)c3ccc4c(c3)CC(C)O4)C(=O)C(=O)N2CCCN(C)C)cc1. The summed E-state index contributed by atoms with van der Waals surface area (Å²) in [6.07, 6.45) is 2.41. The van der Waals surface area contributed by atoms with Crippen LogP contribution in [-0.4, -0.2) is 66.5 Å². The van der Waals surface area contributed by atoms with Crippen molar-refractivity contribution in [1.29, 1.82) is 0 Å². The smallest absolute Gasteiger partial charge is 0.295 e. The number of benzene rings is 2. The maximum absolute atomic E-state index is 13.2. The molecule has 4 rings (SSSR count). The molecule has 2 unspecified atom stereocenters. The largest absolute Gasteiger partial charge is 0.507 e. The Morgan fingerprint density at radius 3 is 2.60 bits per heavy atom. The van der Waals surface area contributed by atoms with Crippen LogP contribution in [0.4, 0.5) is 0 Å². The van der Waals surface area contributed by atoms with Crippen molar-refractivity contribution in [1.82, 2.24) is 9.80 Å². The van der Waals surface area contributed by atoms with Crippen LogP contribution < -0.4 is 9.47 Å². The molecule has 0 aliphatic carbocycles. The van der Waals surface area contributed by atoms with Crippen molar-refractivity contribution in [2.24, 2.45) is 0 Å². The highest BCUT2D eigenvalue weighted by atomic mass is 16.5. The molecule has 2 aromatic carbocycles. The fourth-order valence-electron chi connectivity index (χ4n) is 4.71. The van der Waals surface area contributed by atoms with E-state index in [9.17, 15) is 14.7 Å². The van der Waals surface area contributed by atoms with Gasteiger partial charge in [-0.3, -0.25) is 9.59 Å². The van der Waals surface area contributed by atoms with Crippen LogP contribution in [0, 0.1) is 0 Å². The Bertz CT molecular complexity index is 1120. The van der Waals surface area contributed by atoms with Gasteiger partial charge < -0.3 is 24.4 Å². The molecular formula is C28H34N2O5. The van der Waals surface area contributed by atoms with E-state index in [1.165, 1.54) is 0 Å². The molecule has 7 nitrogen and oxygen atoms in total. The van der Waals surface area contributed by atoms with E-state index in [2.05, 4.69) is 0 Å². The lowest BCUT2D eigenvalue weighted by Gasteiger charge is -2.26. The fourth-order valence-corrected chi connectivity index (χ4v) is 4.71. The molecule has 0 aromatic heterocycles. The van der Waals surface area contributed by atoms with E-state index in [4.69, 9.17) is 9.47 Å². The second-order valence-electron chi connectivity index (χ2n) is 9.52. The number of carbonyl (C=O) groups excluding carboxylic acids is 2. The molecule has 0 saturated carbocycles. The van der Waals surface area contributed by atoms with Gasteiger partial charge in [-0.25, -0.2) is 0 Å². The maximum Gasteiger partial charge on any atom is 0.295 e. The van der Waals surface area contributed by atoms with Crippen molar-refractivity contribution >= 4 is 17.4 Å². The number of rotatable bonds is 9. The van der Waals surface area contributed by atoms with Gasteiger partial charge >= 0.3 is 0 Å². The van der Waals surface area contributed by atoms with Crippen LogP contribution in [0.1, 0.15) is 49.4 Å². The van der Waals surface area contributed by atoms with E-state index in [1.807, 2.05) is 69.2 Å². The number of ether oxygens (including phenoxy) is 2. The van der Waals surface area contributed by atoms with E-state index in [-0.39, 0.29) is 17.4 Å². The summed E-state index contributed by atoms with van der Waals surface area (Å²) in [6, 6.07) is 12.2. The summed E-state index contributed by atoms with van der Waals surface area (Å²) in [5, 5.41) is 11.3. The van der Waals surface area contributed by atoms with Crippen molar-refractivity contribution < 1.29 is 24.2 Å². The molecular weight excluding hydrogens is 444 g/mol. The summed E-state index contributed by atoms with van der Waals surface area (Å²) >= 11 is 0. The molecule has 7 heteroatoms. The van der Waals surface area contributed by atoms with E-state index in [0.717, 1.165) is 42.0 Å². The topological polar surface area (TPSA) is 79.3 Å². The van der Waals surface area contributed by atoms with Crippen molar-refractivity contribution in [3.63, 3.8) is 0 Å². The third-order valence-electron chi connectivity index (χ3n) is 6.38. The van der Waals surface area contributed by atoms with E-state index < -0.39 is 17.7 Å². The molecule has 0 spiro atoms. The molecule has 0 radical (unpaired) electrons. The number of ketones is 1. The van der Waals surface area contributed by atoms with Crippen molar-refractivity contribution in [2.75, 3.05) is 33.8 Å². The highest BCUT2D eigenvalue weighted by Gasteiger charge is 2.45. The van der Waals surface area contributed by atoms with E-state index in [1.54, 1.807) is 11.0 Å². The normalized spacial score (nSPS) is 20.9. The molecule has 1 amide bonds. The molecule has 1 fully saturated rings. The highest BCUT2D eigenvalue weighted by Crippen LogP contribution is 2.41. The van der Waals surface area contributed by atoms with Crippen LogP contribution in [0.15, 0.2) is 48.0 Å². The first-order valence-corrected chi connectivity index (χ1v) is 12.3. The summed E-state index contributed by atoms with van der Waals surface area (Å²) < 4.78 is 11.5. The number of fused-ring (bicyclic) bond motifs is 1. The Hall–Kier alpha value is -3.32. The molecule has 1 N–H and O–H groups in total. The Labute approximate surface area is 206 Å². The second kappa shape index (κ2) is 10.5. The van der Waals surface area contributed by atoms with Gasteiger partial charge in [0.1, 0.15) is 23.4 Å². The van der Waals surface area contributed by atoms with Gasteiger partial charge in [-0.05, 0) is 81.9 Å². The number of aliphatic hydroxyl groups is 1. The van der Waals surface area contributed by atoms with Crippen LogP contribution in [0.5, 0.6) is 11.5 Å². The number of hydrogen-bond acceptors (Lipinski definition) is 6. The molecule has 35 heavy (non-hydrogen) atoms. The molecule has 186 valence electrons. The Balaban J connectivity index is 1.74. The van der Waals surface area contributed by atoms with Crippen molar-refractivity contribution in [3.8, 4) is 11.5 Å². The minimum absolute atomic E-state index is 0.0677.